The molecule has 140 valence electrons. The van der Waals surface area contributed by atoms with Crippen molar-refractivity contribution in [3.05, 3.63) is 29.2 Å². The molecule has 0 atom stereocenters. The van der Waals surface area contributed by atoms with Gasteiger partial charge in [0.25, 0.3) is 0 Å². The van der Waals surface area contributed by atoms with Gasteiger partial charge in [-0.25, -0.2) is 0 Å². The van der Waals surface area contributed by atoms with E-state index >= 15 is 0 Å². The van der Waals surface area contributed by atoms with E-state index in [2.05, 4.69) is 45.8 Å². The minimum atomic E-state index is 0. The number of halogens is 1. The molecule has 0 bridgehead atoms. The predicted molar refractivity (Wildman–Crippen MR) is 104 cm³/mol. The van der Waals surface area contributed by atoms with Gasteiger partial charge >= 0.3 is 32.0 Å². The smallest absolute Gasteiger partial charge is 0.0533 e. The van der Waals surface area contributed by atoms with Gasteiger partial charge in [0, 0.05) is 0 Å². The van der Waals surface area contributed by atoms with E-state index in [1.165, 1.54) is 83.5 Å². The Kier molecular flexibility index (Phi) is 60.2. The van der Waals surface area contributed by atoms with Crippen molar-refractivity contribution in [2.75, 3.05) is 0 Å². The second kappa shape index (κ2) is 37.5. The van der Waals surface area contributed by atoms with E-state index in [1.807, 2.05) is 0 Å². The summed E-state index contributed by atoms with van der Waals surface area (Å²) in [7, 11) is 0. The molecule has 0 fully saturated rings. The summed E-state index contributed by atoms with van der Waals surface area (Å²) in [5.41, 5.74) is 0. The molecule has 21 heavy (non-hydrogen) atoms. The van der Waals surface area contributed by atoms with Crippen molar-refractivity contribution in [1.82, 2.24) is 0 Å². The third-order valence-electron chi connectivity index (χ3n) is 3.35. The van der Waals surface area contributed by atoms with Gasteiger partial charge in [0.15, 0.2) is 0 Å². The maximum absolute atomic E-state index is 3.87. The van der Waals surface area contributed by atoms with Crippen LogP contribution in [-0.2, 0) is 18.9 Å². The van der Waals surface area contributed by atoms with Gasteiger partial charge in [-0.2, -0.15) is 6.42 Å². The Morgan fingerprint density at radius 3 is 1.05 bits per heavy atom. The van der Waals surface area contributed by atoms with E-state index in [-0.39, 0.29) is 22.3 Å². The van der Waals surface area contributed by atoms with Gasteiger partial charge in [-0.05, 0) is 0 Å². The summed E-state index contributed by atoms with van der Waals surface area (Å²) in [5.74, 6) is 0. The molecule has 0 unspecified atom stereocenters. The first-order chi connectivity index (χ1) is 8.91. The normalized spacial score (nSPS) is 8.62. The van der Waals surface area contributed by atoms with Gasteiger partial charge in [0.1, 0.15) is 0 Å². The zero-order valence-electron chi connectivity index (χ0n) is 15.3. The molecule has 0 N–H and O–H groups in total. The molecular formula is C19H42AgBr-4. The first-order valence-electron chi connectivity index (χ1n) is 7.82. The molecule has 0 spiro atoms. The summed E-state index contributed by atoms with van der Waals surface area (Å²) in [5, 5.41) is 0. The van der Waals surface area contributed by atoms with Gasteiger partial charge in [-0.3, -0.25) is 0 Å². The molecule has 0 aliphatic carbocycles. The van der Waals surface area contributed by atoms with Gasteiger partial charge in [0.05, 0.1) is 0 Å². The summed E-state index contributed by atoms with van der Waals surface area (Å²) >= 11 is 5.51. The van der Waals surface area contributed by atoms with E-state index in [0.717, 1.165) is 6.42 Å². The van der Waals surface area contributed by atoms with Crippen LogP contribution in [0.2, 0.25) is 0 Å². The van der Waals surface area contributed by atoms with Gasteiger partial charge in [0.2, 0.25) is 0 Å². The zero-order valence-corrected chi connectivity index (χ0v) is 18.4. The average Bonchev–Trinajstić information content (AvgIpc) is 2.42. The quantitative estimate of drug-likeness (QED) is 0.148. The predicted octanol–water partition coefficient (Wildman–Crippen LogP) is 8.50. The third kappa shape index (κ3) is 38.8. The largest absolute Gasteiger partial charge is 0.358 e. The molecule has 0 aromatic carbocycles. The molecular weight excluding hydrogens is 416 g/mol. The summed E-state index contributed by atoms with van der Waals surface area (Å²) < 4.78 is 0. The van der Waals surface area contributed by atoms with Gasteiger partial charge < -0.3 is 29.2 Å². The Balaban J connectivity index is -0.000000163. The molecule has 0 radical (unpaired) electrons. The van der Waals surface area contributed by atoms with Gasteiger partial charge in [-0.1, -0.05) is 90.4 Å². The van der Waals surface area contributed by atoms with Crippen LogP contribution in [0.15, 0.2) is 0 Å². The fourth-order valence-corrected chi connectivity index (χ4v) is 2.19. The fraction of sp³-hybridized carbons (Fsp3) is 0.789. The second-order valence-corrected chi connectivity index (χ2v) is 5.10. The minimum Gasteiger partial charge on any atom is -0.358 e. The Morgan fingerprint density at radius 1 is 0.571 bits per heavy atom. The van der Waals surface area contributed by atoms with Crippen molar-refractivity contribution in [1.29, 1.82) is 0 Å². The Morgan fingerprint density at radius 2 is 0.810 bits per heavy atom. The molecule has 0 aliphatic heterocycles. The van der Waals surface area contributed by atoms with E-state index in [4.69, 9.17) is 0 Å². The molecule has 0 heterocycles. The minimum absolute atomic E-state index is 0. The Bertz CT molecular complexity index is 104. The van der Waals surface area contributed by atoms with E-state index in [0.29, 0.717) is 0 Å². The van der Waals surface area contributed by atoms with Crippen LogP contribution in [0.25, 0.3) is 0 Å². The summed E-state index contributed by atoms with van der Waals surface area (Å²) in [6, 6.07) is 0. The fourth-order valence-electron chi connectivity index (χ4n) is 2.19. The van der Waals surface area contributed by atoms with Crippen molar-refractivity contribution in [3.63, 3.8) is 0 Å². The van der Waals surface area contributed by atoms with Crippen LogP contribution >= 0.6 is 13.0 Å². The molecule has 0 amide bonds. The van der Waals surface area contributed by atoms with Crippen molar-refractivity contribution < 1.29 is 18.9 Å². The van der Waals surface area contributed by atoms with Crippen LogP contribution in [-0.4, -0.2) is 0 Å². The summed E-state index contributed by atoms with van der Waals surface area (Å²) in [4.78, 5) is 0. The van der Waals surface area contributed by atoms with Crippen molar-refractivity contribution in [2.45, 2.75) is 96.8 Å². The zero-order chi connectivity index (χ0) is 13.9. The number of hydrogen-bond donors (Lipinski definition) is 0. The topological polar surface area (TPSA) is 0 Å². The van der Waals surface area contributed by atoms with Gasteiger partial charge in [-0.15, -0.1) is 0 Å². The molecule has 0 aliphatic rings. The van der Waals surface area contributed by atoms with E-state index in [9.17, 15) is 0 Å². The van der Waals surface area contributed by atoms with Crippen LogP contribution in [0.1, 0.15) is 96.8 Å². The van der Waals surface area contributed by atoms with Crippen molar-refractivity contribution in [2.24, 2.45) is 0 Å². The number of unbranched alkanes of at least 4 members (excludes halogenated alkanes) is 13. The van der Waals surface area contributed by atoms with Crippen LogP contribution < -0.4 is 0 Å². The van der Waals surface area contributed by atoms with Crippen molar-refractivity contribution >= 4 is 13.0 Å². The van der Waals surface area contributed by atoms with Crippen LogP contribution in [0, 0.1) is 29.2 Å². The molecule has 0 saturated heterocycles. The maximum atomic E-state index is 3.87. The molecule has 0 saturated carbocycles. The molecule has 0 aromatic heterocycles. The van der Waals surface area contributed by atoms with Crippen LogP contribution in [0.5, 0.6) is 0 Å². The molecule has 0 aromatic rings. The first-order valence-corrected chi connectivity index (χ1v) is 11.2. The SMILES string of the molecule is [Br][Ag].[CH2-]CCCCCCCCCCCCCCC.[CH3-].[CH3-].[CH3-]. The van der Waals surface area contributed by atoms with Crippen LogP contribution in [0.4, 0.5) is 0 Å². The average molecular weight is 458 g/mol. The third-order valence-corrected chi connectivity index (χ3v) is 3.35. The van der Waals surface area contributed by atoms with E-state index < -0.39 is 0 Å². The summed E-state index contributed by atoms with van der Waals surface area (Å²) in [6.45, 7) is 6.16. The second-order valence-electron chi connectivity index (χ2n) is 5.10. The first kappa shape index (κ1) is 33.7. The molecule has 0 nitrogen and oxygen atoms in total. The van der Waals surface area contributed by atoms with E-state index in [1.54, 1.807) is 0 Å². The van der Waals surface area contributed by atoms with Crippen LogP contribution in [0.3, 0.4) is 0 Å². The molecule has 2 heteroatoms. The molecule has 0 rings (SSSR count). The Hall–Kier alpha value is 1.22. The van der Waals surface area contributed by atoms with Crippen molar-refractivity contribution in [3.8, 4) is 0 Å². The number of rotatable bonds is 13. The standard InChI is InChI=1S/C16H33.3CH3.Ag.BrH/c1-3-5-7-9-11-13-15-16-14-12-10-8-6-4-2;;;;;/h1,3-16H2,2H3;3*1H3;;1H/q4*-1;+1;/p-1. The maximum Gasteiger partial charge on any atom is -0.0533 e. The number of hydrogen-bond acceptors (Lipinski definition) is 0. The Labute approximate surface area is 157 Å². The summed E-state index contributed by atoms with van der Waals surface area (Å²) in [6.07, 6.45) is 19.8. The monoisotopic (exact) mass is 456 g/mol.